The zero-order chi connectivity index (χ0) is 32.7. The molecule has 1 aromatic heterocycles. The van der Waals surface area contributed by atoms with Crippen molar-refractivity contribution < 1.29 is 29.9 Å². The van der Waals surface area contributed by atoms with E-state index in [0.717, 1.165) is 76.5 Å². The molecule has 9 aromatic rings. The number of hydrogen-bond donors (Lipinski definition) is 5. The van der Waals surface area contributed by atoms with Gasteiger partial charge in [0.2, 0.25) is 17.2 Å². The highest BCUT2D eigenvalue weighted by Gasteiger charge is 2.26. The summed E-state index contributed by atoms with van der Waals surface area (Å²) in [7, 11) is 0. The van der Waals surface area contributed by atoms with Crippen LogP contribution in [0.5, 0.6) is 28.7 Å². The van der Waals surface area contributed by atoms with Gasteiger partial charge in [0.1, 0.15) is 11.2 Å². The Hall–Kier alpha value is -6.66. The van der Waals surface area contributed by atoms with Gasteiger partial charge in [-0.3, -0.25) is 0 Å². The van der Waals surface area contributed by atoms with E-state index in [2.05, 4.69) is 48.5 Å². The molecule has 0 unspecified atom stereocenters. The summed E-state index contributed by atoms with van der Waals surface area (Å²) in [5.41, 5.74) is 5.52. The predicted octanol–water partition coefficient (Wildman–Crippen LogP) is 10.6. The van der Waals surface area contributed by atoms with Gasteiger partial charge in [-0.25, -0.2) is 0 Å². The van der Waals surface area contributed by atoms with Crippen LogP contribution in [0.2, 0.25) is 0 Å². The van der Waals surface area contributed by atoms with Crippen LogP contribution in [0.15, 0.2) is 132 Å². The molecule has 0 saturated heterocycles. The third kappa shape index (κ3) is 3.86. The van der Waals surface area contributed by atoms with E-state index in [0.29, 0.717) is 5.56 Å². The zero-order valence-electron chi connectivity index (χ0n) is 25.3. The third-order valence-electron chi connectivity index (χ3n) is 9.41. The molecule has 9 rings (SSSR count). The van der Waals surface area contributed by atoms with Crippen molar-refractivity contribution in [2.45, 2.75) is 0 Å². The van der Waals surface area contributed by atoms with Crippen LogP contribution in [-0.4, -0.2) is 25.5 Å². The minimum atomic E-state index is -1.00. The molecule has 0 radical (unpaired) electrons. The van der Waals surface area contributed by atoms with Crippen LogP contribution in [0.1, 0.15) is 0 Å². The summed E-state index contributed by atoms with van der Waals surface area (Å²) in [5.74, 6) is -4.35. The summed E-state index contributed by atoms with van der Waals surface area (Å²) in [6, 6.07) is 42.3. The highest BCUT2D eigenvalue weighted by Crippen LogP contribution is 2.56. The second-order valence-electron chi connectivity index (χ2n) is 12.0. The van der Waals surface area contributed by atoms with Crippen molar-refractivity contribution in [1.82, 2.24) is 0 Å². The van der Waals surface area contributed by atoms with E-state index in [1.165, 1.54) is 0 Å². The lowest BCUT2D eigenvalue weighted by Crippen LogP contribution is -1.93. The van der Waals surface area contributed by atoms with E-state index in [4.69, 9.17) is 4.42 Å². The molecule has 8 aromatic carbocycles. The highest BCUT2D eigenvalue weighted by molar-refractivity contribution is 6.24. The Morgan fingerprint density at radius 1 is 0.333 bits per heavy atom. The molecule has 1 heterocycles. The van der Waals surface area contributed by atoms with Gasteiger partial charge in [-0.15, -0.1) is 0 Å². The standard InChI is InChI=1S/C42H26O6/c43-38-36(39(44)41(46)42(47)40(38)45)23-17-19-31-32(20-23)35(24-16-18-27-26-11-5-6-15-33(26)48-34(27)21-24)29-12-3-4-13-30(29)37(31)28-14-7-9-22-8-1-2-10-25(22)28/h1-21,43-47H. The molecule has 48 heavy (non-hydrogen) atoms. The molecule has 0 atom stereocenters. The number of phenols is 5. The van der Waals surface area contributed by atoms with Crippen molar-refractivity contribution in [3.63, 3.8) is 0 Å². The van der Waals surface area contributed by atoms with E-state index in [9.17, 15) is 25.5 Å². The molecule has 5 N–H and O–H groups in total. The maximum atomic E-state index is 10.9. The van der Waals surface area contributed by atoms with Crippen LogP contribution < -0.4 is 0 Å². The van der Waals surface area contributed by atoms with Crippen LogP contribution in [0, 0.1) is 0 Å². The summed E-state index contributed by atoms with van der Waals surface area (Å²) in [5, 5.41) is 60.7. The van der Waals surface area contributed by atoms with E-state index in [1.54, 1.807) is 6.07 Å². The van der Waals surface area contributed by atoms with E-state index < -0.39 is 28.7 Å². The van der Waals surface area contributed by atoms with E-state index in [-0.39, 0.29) is 5.56 Å². The molecule has 0 bridgehead atoms. The largest absolute Gasteiger partial charge is 0.504 e. The van der Waals surface area contributed by atoms with Crippen molar-refractivity contribution in [3.05, 3.63) is 127 Å². The Balaban J connectivity index is 1.44. The maximum absolute atomic E-state index is 10.9. The summed E-state index contributed by atoms with van der Waals surface area (Å²) in [6.45, 7) is 0. The molecule has 0 amide bonds. The molecule has 6 heteroatoms. The molecular weight excluding hydrogens is 600 g/mol. The maximum Gasteiger partial charge on any atom is 0.208 e. The minimum absolute atomic E-state index is 0.205. The van der Waals surface area contributed by atoms with Gasteiger partial charge in [-0.1, -0.05) is 103 Å². The average molecular weight is 627 g/mol. The smallest absolute Gasteiger partial charge is 0.208 e. The van der Waals surface area contributed by atoms with Crippen LogP contribution in [-0.2, 0) is 0 Å². The summed E-state index contributed by atoms with van der Waals surface area (Å²) in [4.78, 5) is 0. The Morgan fingerprint density at radius 3 is 1.60 bits per heavy atom. The number of benzene rings is 8. The number of phenolic OH excluding ortho intramolecular Hbond substituents is 5. The van der Waals surface area contributed by atoms with Gasteiger partial charge < -0.3 is 29.9 Å². The highest BCUT2D eigenvalue weighted by atomic mass is 16.4. The summed E-state index contributed by atoms with van der Waals surface area (Å²) in [6.07, 6.45) is 0. The first-order valence-electron chi connectivity index (χ1n) is 15.5. The van der Waals surface area contributed by atoms with E-state index >= 15 is 0 Å². The Kier molecular flexibility index (Phi) is 5.86. The molecule has 0 spiro atoms. The summed E-state index contributed by atoms with van der Waals surface area (Å²) < 4.78 is 6.30. The molecule has 0 aliphatic carbocycles. The molecule has 0 saturated carbocycles. The van der Waals surface area contributed by atoms with Crippen molar-refractivity contribution in [2.75, 3.05) is 0 Å². The van der Waals surface area contributed by atoms with Gasteiger partial charge in [0.25, 0.3) is 0 Å². The van der Waals surface area contributed by atoms with Gasteiger partial charge in [-0.2, -0.15) is 0 Å². The fourth-order valence-corrected chi connectivity index (χ4v) is 7.22. The quantitative estimate of drug-likeness (QED) is 0.0757. The second kappa shape index (κ2) is 10.2. The lowest BCUT2D eigenvalue weighted by molar-refractivity contribution is 0.330. The molecule has 6 nitrogen and oxygen atoms in total. The van der Waals surface area contributed by atoms with Crippen molar-refractivity contribution in [3.8, 4) is 62.1 Å². The fraction of sp³-hybridized carbons (Fsp3) is 0. The number of hydrogen-bond acceptors (Lipinski definition) is 6. The zero-order valence-corrected chi connectivity index (χ0v) is 25.3. The lowest BCUT2D eigenvalue weighted by Gasteiger charge is -2.20. The number of fused-ring (bicyclic) bond motifs is 6. The van der Waals surface area contributed by atoms with Crippen molar-refractivity contribution >= 4 is 54.3 Å². The average Bonchev–Trinajstić information content (AvgIpc) is 3.50. The van der Waals surface area contributed by atoms with Gasteiger partial charge in [0, 0.05) is 10.8 Å². The van der Waals surface area contributed by atoms with Gasteiger partial charge in [0.15, 0.2) is 11.5 Å². The first-order valence-corrected chi connectivity index (χ1v) is 15.5. The monoisotopic (exact) mass is 626 g/mol. The first kappa shape index (κ1) is 27.6. The van der Waals surface area contributed by atoms with Crippen LogP contribution in [0.25, 0.3) is 87.6 Å². The first-order chi connectivity index (χ1) is 23.4. The number of para-hydroxylation sites is 1. The van der Waals surface area contributed by atoms with Crippen LogP contribution in [0.3, 0.4) is 0 Å². The van der Waals surface area contributed by atoms with Crippen molar-refractivity contribution in [1.29, 1.82) is 0 Å². The second-order valence-corrected chi connectivity index (χ2v) is 12.0. The normalized spacial score (nSPS) is 11.8. The molecule has 230 valence electrons. The minimum Gasteiger partial charge on any atom is -0.504 e. The Labute approximate surface area is 273 Å². The van der Waals surface area contributed by atoms with Gasteiger partial charge in [-0.05, 0) is 84.4 Å². The van der Waals surface area contributed by atoms with Gasteiger partial charge >= 0.3 is 0 Å². The lowest BCUT2D eigenvalue weighted by atomic mass is 9.83. The molecule has 0 aliphatic heterocycles. The number of rotatable bonds is 3. The fourth-order valence-electron chi connectivity index (χ4n) is 7.22. The third-order valence-corrected chi connectivity index (χ3v) is 9.41. The Morgan fingerprint density at radius 2 is 0.854 bits per heavy atom. The Bertz CT molecular complexity index is 2760. The van der Waals surface area contributed by atoms with Crippen LogP contribution in [0.4, 0.5) is 0 Å². The molecule has 0 aliphatic rings. The van der Waals surface area contributed by atoms with Crippen LogP contribution >= 0.6 is 0 Å². The summed E-state index contributed by atoms with van der Waals surface area (Å²) >= 11 is 0. The predicted molar refractivity (Wildman–Crippen MR) is 191 cm³/mol. The van der Waals surface area contributed by atoms with Crippen molar-refractivity contribution in [2.24, 2.45) is 0 Å². The number of aromatic hydroxyl groups is 5. The SMILES string of the molecule is Oc1c(O)c(O)c(-c2ccc3c(-c4cccc5ccccc45)c4ccccc4c(-c4ccc5c(c4)oc4ccccc45)c3c2)c(O)c1O. The van der Waals surface area contributed by atoms with Gasteiger partial charge in [0.05, 0.1) is 5.56 Å². The van der Waals surface area contributed by atoms with E-state index in [1.807, 2.05) is 72.8 Å². The topological polar surface area (TPSA) is 114 Å². The molecular formula is C42H26O6. The number of furan rings is 1. The molecule has 0 fully saturated rings.